The third-order valence-electron chi connectivity index (χ3n) is 4.37. The van der Waals surface area contributed by atoms with Crippen molar-refractivity contribution in [3.05, 3.63) is 102 Å². The fourth-order valence-corrected chi connectivity index (χ4v) is 3.33. The van der Waals surface area contributed by atoms with Gasteiger partial charge in [0.2, 0.25) is 0 Å². The van der Waals surface area contributed by atoms with Crippen LogP contribution in [-0.2, 0) is 21.3 Å². The fraction of sp³-hybridized carbons (Fsp3) is 0.0435. The van der Waals surface area contributed by atoms with Gasteiger partial charge in [-0.1, -0.05) is 54.6 Å². The lowest BCUT2D eigenvalue weighted by atomic mass is 10.1. The predicted molar refractivity (Wildman–Crippen MR) is 121 cm³/mol. The number of H-pyrrole nitrogens is 1. The Bertz CT molecular complexity index is 1280. The summed E-state index contributed by atoms with van der Waals surface area (Å²) >= 11 is 0. The number of hydrogen-bond donors (Lipinski definition) is 4. The summed E-state index contributed by atoms with van der Waals surface area (Å²) in [6.07, 6.45) is 3.63. The molecular weight excluding hydrogens is 430 g/mol. The van der Waals surface area contributed by atoms with Gasteiger partial charge in [0.05, 0.1) is 15.9 Å². The lowest BCUT2D eigenvalue weighted by Gasteiger charge is -1.99. The first-order chi connectivity index (χ1) is 15.3. The second-order valence-corrected chi connectivity index (χ2v) is 8.14. The summed E-state index contributed by atoms with van der Waals surface area (Å²) in [6, 6.07) is 23.2. The van der Waals surface area contributed by atoms with E-state index in [1.165, 1.54) is 18.2 Å². The number of nitrogens with one attached hydrogen (secondary N) is 2. The zero-order valence-electron chi connectivity index (χ0n) is 16.8. The lowest BCUT2D eigenvalue weighted by molar-refractivity contribution is -0.124. The molecule has 1 aromatic heterocycles. The van der Waals surface area contributed by atoms with E-state index in [0.717, 1.165) is 34.4 Å². The Kier molecular flexibility index (Phi) is 7.50. The lowest BCUT2D eigenvalue weighted by Crippen LogP contribution is -2.14. The number of para-hydroxylation sites is 2. The summed E-state index contributed by atoms with van der Waals surface area (Å²) in [7, 11) is -4.00. The Balaban J connectivity index is 0.000000243. The van der Waals surface area contributed by atoms with E-state index in [9.17, 15) is 13.2 Å². The molecule has 0 saturated heterocycles. The number of amides is 1. The normalized spacial score (nSPS) is 11.2. The van der Waals surface area contributed by atoms with Gasteiger partial charge in [0.25, 0.3) is 16.0 Å². The van der Waals surface area contributed by atoms with Crippen molar-refractivity contribution in [2.45, 2.75) is 11.3 Å². The number of hydroxylamine groups is 1. The van der Waals surface area contributed by atoms with Crippen molar-refractivity contribution in [2.24, 2.45) is 0 Å². The molecule has 0 saturated carbocycles. The Hall–Kier alpha value is -3.79. The molecule has 0 radical (unpaired) electrons. The SMILES string of the molecule is O=C(/C=C/c1ccc(Cc2nc3ccccc3[nH]2)cc1)NO.O=S(=O)(O)c1ccccc1. The molecule has 0 spiro atoms. The molecule has 3 aromatic carbocycles. The molecule has 0 atom stereocenters. The average Bonchev–Trinajstić information content (AvgIpc) is 3.21. The van der Waals surface area contributed by atoms with Crippen LogP contribution in [-0.4, -0.2) is 34.1 Å². The van der Waals surface area contributed by atoms with Crippen LogP contribution in [0.4, 0.5) is 0 Å². The minimum Gasteiger partial charge on any atom is -0.342 e. The molecule has 0 unspecified atom stereocenters. The summed E-state index contributed by atoms with van der Waals surface area (Å²) in [4.78, 5) is 18.7. The molecule has 1 heterocycles. The zero-order valence-corrected chi connectivity index (χ0v) is 17.7. The Morgan fingerprint density at radius 1 is 0.969 bits per heavy atom. The van der Waals surface area contributed by atoms with Gasteiger partial charge in [0.1, 0.15) is 5.82 Å². The zero-order chi connectivity index (χ0) is 23.0. The molecule has 4 aromatic rings. The highest BCUT2D eigenvalue weighted by Crippen LogP contribution is 2.14. The molecule has 4 rings (SSSR count). The molecule has 0 aliphatic rings. The standard InChI is InChI=1S/C17H15N3O2.C6H6O3S/c21-17(20-22)10-9-12-5-7-13(8-6-12)11-16-18-14-3-1-2-4-15(14)19-16;7-10(8,9)6-4-2-1-3-5-6/h1-10,22H,11H2,(H,18,19)(H,20,21);1-5H,(H,7,8,9)/b10-9+;. The Labute approximate surface area is 185 Å². The van der Waals surface area contributed by atoms with Crippen LogP contribution in [0.5, 0.6) is 0 Å². The van der Waals surface area contributed by atoms with E-state index in [0.29, 0.717) is 0 Å². The van der Waals surface area contributed by atoms with Gasteiger partial charge in [-0.15, -0.1) is 0 Å². The maximum atomic E-state index is 10.9. The van der Waals surface area contributed by atoms with Crippen LogP contribution in [0, 0.1) is 0 Å². The number of carbonyl (C=O) groups is 1. The quantitative estimate of drug-likeness (QED) is 0.159. The minimum atomic E-state index is -4.00. The van der Waals surface area contributed by atoms with Gasteiger partial charge in [-0.05, 0) is 41.5 Å². The van der Waals surface area contributed by atoms with E-state index in [1.807, 2.05) is 48.5 Å². The monoisotopic (exact) mass is 451 g/mol. The number of fused-ring (bicyclic) bond motifs is 1. The summed E-state index contributed by atoms with van der Waals surface area (Å²) in [5.74, 6) is 0.371. The summed E-state index contributed by atoms with van der Waals surface area (Å²) < 4.78 is 29.2. The van der Waals surface area contributed by atoms with Crippen molar-refractivity contribution in [1.82, 2.24) is 15.4 Å². The number of carbonyl (C=O) groups excluding carboxylic acids is 1. The van der Waals surface area contributed by atoms with Crippen LogP contribution in [0.15, 0.2) is 89.8 Å². The predicted octanol–water partition coefficient (Wildman–Crippen LogP) is 3.61. The molecule has 0 bridgehead atoms. The van der Waals surface area contributed by atoms with Crippen molar-refractivity contribution in [3.63, 3.8) is 0 Å². The molecule has 9 heteroatoms. The number of aromatic amines is 1. The van der Waals surface area contributed by atoms with E-state index in [-0.39, 0.29) is 4.90 Å². The van der Waals surface area contributed by atoms with Gasteiger partial charge in [-0.3, -0.25) is 14.6 Å². The maximum Gasteiger partial charge on any atom is 0.294 e. The van der Waals surface area contributed by atoms with Crippen LogP contribution in [0.25, 0.3) is 17.1 Å². The summed E-state index contributed by atoms with van der Waals surface area (Å²) in [6.45, 7) is 0. The molecule has 0 fully saturated rings. The van der Waals surface area contributed by atoms with Crippen LogP contribution in [0.3, 0.4) is 0 Å². The van der Waals surface area contributed by atoms with E-state index >= 15 is 0 Å². The van der Waals surface area contributed by atoms with Crippen molar-refractivity contribution >= 4 is 33.1 Å². The maximum absolute atomic E-state index is 10.9. The Morgan fingerprint density at radius 3 is 2.22 bits per heavy atom. The van der Waals surface area contributed by atoms with Crippen LogP contribution >= 0.6 is 0 Å². The van der Waals surface area contributed by atoms with Crippen molar-refractivity contribution in [2.75, 3.05) is 0 Å². The molecule has 0 aliphatic carbocycles. The number of benzene rings is 3. The third-order valence-corrected chi connectivity index (χ3v) is 5.24. The van der Waals surface area contributed by atoms with E-state index in [2.05, 4.69) is 9.97 Å². The van der Waals surface area contributed by atoms with Crippen LogP contribution in [0.1, 0.15) is 17.0 Å². The van der Waals surface area contributed by atoms with Crippen molar-refractivity contribution in [3.8, 4) is 0 Å². The fourth-order valence-electron chi connectivity index (χ4n) is 2.83. The topological polar surface area (TPSA) is 132 Å². The average molecular weight is 452 g/mol. The molecular formula is C23H21N3O5S. The molecule has 8 nitrogen and oxygen atoms in total. The molecule has 4 N–H and O–H groups in total. The highest BCUT2D eigenvalue weighted by Gasteiger charge is 2.06. The number of nitrogens with zero attached hydrogens (tertiary/aromatic N) is 1. The highest BCUT2D eigenvalue weighted by atomic mass is 32.2. The van der Waals surface area contributed by atoms with Gasteiger partial charge in [-0.25, -0.2) is 10.5 Å². The first kappa shape index (κ1) is 22.9. The summed E-state index contributed by atoms with van der Waals surface area (Å²) in [5.41, 5.74) is 5.57. The van der Waals surface area contributed by atoms with E-state index in [4.69, 9.17) is 9.76 Å². The van der Waals surface area contributed by atoms with Crippen molar-refractivity contribution < 1.29 is 23.0 Å². The summed E-state index contributed by atoms with van der Waals surface area (Å²) in [5, 5.41) is 8.42. The number of aromatic nitrogens is 2. The molecule has 32 heavy (non-hydrogen) atoms. The first-order valence-corrected chi connectivity index (χ1v) is 11.0. The first-order valence-electron chi connectivity index (χ1n) is 9.52. The van der Waals surface area contributed by atoms with Gasteiger partial charge < -0.3 is 4.98 Å². The number of imidazole rings is 1. The highest BCUT2D eigenvalue weighted by molar-refractivity contribution is 7.85. The Morgan fingerprint density at radius 2 is 1.62 bits per heavy atom. The van der Waals surface area contributed by atoms with Crippen molar-refractivity contribution in [1.29, 1.82) is 0 Å². The van der Waals surface area contributed by atoms with Crippen LogP contribution < -0.4 is 5.48 Å². The number of rotatable bonds is 5. The molecule has 164 valence electrons. The molecule has 1 amide bonds. The van der Waals surface area contributed by atoms with Gasteiger partial charge in [0, 0.05) is 12.5 Å². The van der Waals surface area contributed by atoms with Gasteiger partial charge in [0.15, 0.2) is 0 Å². The minimum absolute atomic E-state index is 0.0741. The largest absolute Gasteiger partial charge is 0.342 e. The van der Waals surface area contributed by atoms with Gasteiger partial charge >= 0.3 is 0 Å². The third kappa shape index (κ3) is 6.61. The smallest absolute Gasteiger partial charge is 0.294 e. The van der Waals surface area contributed by atoms with Crippen LogP contribution in [0.2, 0.25) is 0 Å². The molecule has 0 aliphatic heterocycles. The second-order valence-electron chi connectivity index (χ2n) is 6.72. The van der Waals surface area contributed by atoms with E-state index < -0.39 is 16.0 Å². The number of hydrogen-bond acceptors (Lipinski definition) is 5. The van der Waals surface area contributed by atoms with Gasteiger partial charge in [-0.2, -0.15) is 8.42 Å². The van der Waals surface area contributed by atoms with E-state index in [1.54, 1.807) is 29.8 Å². The second kappa shape index (κ2) is 10.5.